The van der Waals surface area contributed by atoms with Gasteiger partial charge in [-0.25, -0.2) is 0 Å². The summed E-state index contributed by atoms with van der Waals surface area (Å²) in [7, 11) is -9.94. The fourth-order valence-electron chi connectivity index (χ4n) is 2.17. The van der Waals surface area contributed by atoms with Gasteiger partial charge in [-0.05, 0) is 35.9 Å². The Bertz CT molecular complexity index is 912. The molecular weight excluding hydrogens is 417 g/mol. The molecule has 1 amide bonds. The summed E-state index contributed by atoms with van der Waals surface area (Å²) in [6.07, 6.45) is 3.82. The first-order chi connectivity index (χ1) is 13.4. The number of hydrogen-bond acceptors (Lipinski definition) is 3. The van der Waals surface area contributed by atoms with E-state index in [0.29, 0.717) is 17.9 Å². The lowest BCUT2D eigenvalue weighted by Crippen LogP contribution is -2.14. The molecule has 4 nitrogen and oxygen atoms in total. The van der Waals surface area contributed by atoms with Gasteiger partial charge in [-0.3, -0.25) is 4.79 Å². The van der Waals surface area contributed by atoms with Crippen molar-refractivity contribution < 1.29 is 33.7 Å². The zero-order valence-corrected chi connectivity index (χ0v) is 15.8. The van der Waals surface area contributed by atoms with E-state index in [1.165, 1.54) is 6.08 Å². The number of rotatable bonds is 9. The van der Waals surface area contributed by atoms with E-state index >= 15 is 0 Å². The molecule has 0 spiro atoms. The molecule has 0 aliphatic rings. The first-order valence-electron chi connectivity index (χ1n) is 8.13. The van der Waals surface area contributed by atoms with Crippen molar-refractivity contribution in [2.45, 2.75) is 4.90 Å². The molecule has 0 unspecified atom stereocenters. The molecule has 0 bridgehead atoms. The second-order valence-electron chi connectivity index (χ2n) is 5.78. The highest BCUT2D eigenvalue weighted by Crippen LogP contribution is 3.02. The summed E-state index contributed by atoms with van der Waals surface area (Å²) < 4.78 is 75.8. The van der Waals surface area contributed by atoms with Crippen molar-refractivity contribution in [1.82, 2.24) is 0 Å². The summed E-state index contributed by atoms with van der Waals surface area (Å²) in [5, 5.41) is 1.84. The van der Waals surface area contributed by atoms with Gasteiger partial charge >= 0.3 is 10.2 Å². The first kappa shape index (κ1) is 22.4. The Balaban J connectivity index is 2.04. The average molecular weight is 435 g/mol. The molecule has 0 aliphatic heterocycles. The van der Waals surface area contributed by atoms with Gasteiger partial charge in [-0.15, -0.1) is 6.58 Å². The number of nitrogens with one attached hydrogen (secondary N) is 1. The van der Waals surface area contributed by atoms with Gasteiger partial charge in [0, 0.05) is 6.08 Å². The van der Waals surface area contributed by atoms with Crippen LogP contribution in [0.2, 0.25) is 0 Å². The van der Waals surface area contributed by atoms with E-state index in [0.717, 1.165) is 24.3 Å². The van der Waals surface area contributed by atoms with E-state index in [1.807, 2.05) is 5.32 Å². The Hall–Kier alpha value is -2.85. The second kappa shape index (κ2) is 7.88. The fourth-order valence-corrected chi connectivity index (χ4v) is 3.04. The third kappa shape index (κ3) is 7.24. The number of ether oxygens (including phenoxy) is 2. The topological polar surface area (TPSA) is 47.6 Å². The van der Waals surface area contributed by atoms with Gasteiger partial charge in [0.1, 0.15) is 10.6 Å². The maximum atomic E-state index is 13.1. The van der Waals surface area contributed by atoms with Gasteiger partial charge in [0.2, 0.25) is 5.91 Å². The molecule has 2 aromatic carbocycles. The highest BCUT2D eigenvalue weighted by Gasteiger charge is 2.66. The fraction of sp³-hybridized carbons (Fsp3) is 0.105. The molecule has 0 aliphatic carbocycles. The van der Waals surface area contributed by atoms with Crippen molar-refractivity contribution in [2.24, 2.45) is 0 Å². The van der Waals surface area contributed by atoms with E-state index < -0.39 is 26.7 Å². The van der Waals surface area contributed by atoms with Crippen LogP contribution in [-0.2, 0) is 9.53 Å². The molecular formula is C19H18F5NO3S. The van der Waals surface area contributed by atoms with Crippen molar-refractivity contribution in [3.63, 3.8) is 0 Å². The molecule has 0 radical (unpaired) electrons. The number of amides is 1. The molecule has 0 fully saturated rings. The first-order valence-corrected chi connectivity index (χ1v) is 10.1. The Morgan fingerprint density at radius 2 is 1.69 bits per heavy atom. The molecule has 0 aromatic heterocycles. The summed E-state index contributed by atoms with van der Waals surface area (Å²) in [6, 6.07) is 9.31. The normalized spacial score (nSPS) is 14.1. The van der Waals surface area contributed by atoms with Gasteiger partial charge in [0.25, 0.3) is 0 Å². The van der Waals surface area contributed by atoms with E-state index in [2.05, 4.69) is 6.58 Å². The van der Waals surface area contributed by atoms with Crippen LogP contribution < -0.4 is 10.1 Å². The smallest absolute Gasteiger partial charge is 0.312 e. The lowest BCUT2D eigenvalue weighted by atomic mass is 10.2. The SMILES string of the molecule is C=CCOCOc1ccc(/C=C/C(=O)Nc2ccccc2S(F)(F)(F)(F)F)cc1. The van der Waals surface area contributed by atoms with E-state index in [1.54, 1.807) is 30.3 Å². The van der Waals surface area contributed by atoms with Crippen LogP contribution in [0.25, 0.3) is 6.08 Å². The summed E-state index contributed by atoms with van der Waals surface area (Å²) in [5.74, 6) is -0.488. The molecule has 2 aromatic rings. The van der Waals surface area contributed by atoms with Crippen molar-refractivity contribution in [1.29, 1.82) is 0 Å². The predicted octanol–water partition coefficient (Wildman–Crippen LogP) is 6.53. The van der Waals surface area contributed by atoms with Crippen molar-refractivity contribution in [3.8, 4) is 5.75 Å². The lowest BCUT2D eigenvalue weighted by molar-refractivity contribution is -0.111. The quantitative estimate of drug-likeness (QED) is 0.160. The van der Waals surface area contributed by atoms with Gasteiger partial charge < -0.3 is 14.8 Å². The predicted molar refractivity (Wildman–Crippen MR) is 104 cm³/mol. The van der Waals surface area contributed by atoms with Crippen molar-refractivity contribution in [2.75, 3.05) is 18.7 Å². The van der Waals surface area contributed by atoms with E-state index in [4.69, 9.17) is 9.47 Å². The highest BCUT2D eigenvalue weighted by atomic mass is 32.5. The Kier molecular flexibility index (Phi) is 6.10. The van der Waals surface area contributed by atoms with Gasteiger partial charge in [-0.1, -0.05) is 49.8 Å². The van der Waals surface area contributed by atoms with Crippen LogP contribution in [0, 0.1) is 0 Å². The molecule has 0 saturated carbocycles. The molecule has 29 heavy (non-hydrogen) atoms. The number of anilines is 1. The van der Waals surface area contributed by atoms with Crippen LogP contribution in [0.1, 0.15) is 5.56 Å². The molecule has 158 valence electrons. The van der Waals surface area contributed by atoms with E-state index in [-0.39, 0.29) is 12.9 Å². The minimum atomic E-state index is -9.94. The third-order valence-electron chi connectivity index (χ3n) is 3.41. The Morgan fingerprint density at radius 1 is 1.03 bits per heavy atom. The van der Waals surface area contributed by atoms with Crippen LogP contribution in [0.3, 0.4) is 0 Å². The van der Waals surface area contributed by atoms with Gasteiger partial charge in [0.15, 0.2) is 6.79 Å². The molecule has 0 heterocycles. The summed E-state index contributed by atoms with van der Waals surface area (Å²) in [4.78, 5) is 9.75. The molecule has 0 saturated heterocycles. The maximum Gasteiger partial charge on any atom is 0.312 e. The molecule has 10 heteroatoms. The van der Waals surface area contributed by atoms with Crippen molar-refractivity contribution in [3.05, 3.63) is 72.8 Å². The summed E-state index contributed by atoms with van der Waals surface area (Å²) in [5.41, 5.74) is -0.468. The molecule has 0 atom stereocenters. The standard InChI is InChI=1S/C19H18F5NO3S/c1-2-13-27-14-28-16-10-7-15(8-11-16)9-12-19(26)25-17-5-3-4-6-18(17)29(20,21,22,23)24/h2-12H,1,13-14H2,(H,25,26)/b12-9+. The van der Waals surface area contributed by atoms with Crippen LogP contribution in [-0.4, -0.2) is 19.3 Å². The number of halogens is 5. The zero-order valence-electron chi connectivity index (χ0n) is 15.0. The van der Waals surface area contributed by atoms with Gasteiger partial charge in [0.05, 0.1) is 12.3 Å². The zero-order chi connectivity index (χ0) is 21.6. The Morgan fingerprint density at radius 3 is 2.31 bits per heavy atom. The van der Waals surface area contributed by atoms with Gasteiger partial charge in [-0.2, -0.15) is 0 Å². The van der Waals surface area contributed by atoms with Crippen molar-refractivity contribution >= 4 is 27.9 Å². The lowest BCUT2D eigenvalue weighted by Gasteiger charge is -2.41. The minimum Gasteiger partial charge on any atom is -0.468 e. The number of hydrogen-bond donors (Lipinski definition) is 1. The van der Waals surface area contributed by atoms with Crippen LogP contribution >= 0.6 is 10.2 Å². The monoisotopic (exact) mass is 435 g/mol. The molecule has 1 N–H and O–H groups in total. The number of carbonyl (C=O) groups is 1. The number of benzene rings is 2. The summed E-state index contributed by atoms with van der Waals surface area (Å²) >= 11 is 0. The van der Waals surface area contributed by atoms with Crippen LogP contribution in [0.4, 0.5) is 25.1 Å². The van der Waals surface area contributed by atoms with Crippen LogP contribution in [0.5, 0.6) is 5.75 Å². The minimum absolute atomic E-state index is 0.0230. The second-order valence-corrected chi connectivity index (χ2v) is 8.16. The average Bonchev–Trinajstić information content (AvgIpc) is 2.63. The largest absolute Gasteiger partial charge is 0.468 e. The molecule has 2 rings (SSSR count). The Labute approximate surface area is 164 Å². The maximum absolute atomic E-state index is 13.1. The third-order valence-corrected chi connectivity index (χ3v) is 4.60. The number of carbonyl (C=O) groups excluding carboxylic acids is 1. The van der Waals surface area contributed by atoms with E-state index in [9.17, 15) is 24.2 Å². The van der Waals surface area contributed by atoms with Crippen LogP contribution in [0.15, 0.2) is 72.2 Å². The highest BCUT2D eigenvalue weighted by molar-refractivity contribution is 8.45. The summed E-state index contributed by atoms with van der Waals surface area (Å²) in [6.45, 7) is 3.85. The number of para-hydroxylation sites is 1.